The lowest BCUT2D eigenvalue weighted by atomic mass is 9.85. The minimum atomic E-state index is -2.96. The molecule has 0 aromatic carbocycles. The van der Waals surface area contributed by atoms with E-state index in [2.05, 4.69) is 15.1 Å². The Morgan fingerprint density at radius 1 is 0.939 bits per heavy atom. The number of piperidine rings is 1. The SMILES string of the molecule is COC(=O)[C@@H]1CC2NCN(CC3CCC(OC)CC3)C2CN1CC1CCC(S(C)(=O)=O)CC1. The van der Waals surface area contributed by atoms with E-state index >= 15 is 0 Å². The van der Waals surface area contributed by atoms with Crippen LogP contribution in [0.4, 0.5) is 0 Å². The summed E-state index contributed by atoms with van der Waals surface area (Å²) < 4.78 is 34.6. The second kappa shape index (κ2) is 10.9. The van der Waals surface area contributed by atoms with Gasteiger partial charge in [-0.15, -0.1) is 0 Å². The highest BCUT2D eigenvalue weighted by atomic mass is 32.2. The van der Waals surface area contributed by atoms with Crippen molar-refractivity contribution in [3.8, 4) is 0 Å². The van der Waals surface area contributed by atoms with Crippen molar-refractivity contribution in [1.29, 1.82) is 0 Å². The molecule has 2 aliphatic carbocycles. The number of likely N-dealkylation sites (tertiary alicyclic amines) is 1. The lowest BCUT2D eigenvalue weighted by Gasteiger charge is -2.44. The van der Waals surface area contributed by atoms with Gasteiger partial charge in [0, 0.05) is 51.8 Å². The van der Waals surface area contributed by atoms with Gasteiger partial charge in [0.25, 0.3) is 0 Å². The van der Waals surface area contributed by atoms with E-state index in [9.17, 15) is 13.2 Å². The number of nitrogens with zero attached hydrogens (tertiary/aromatic N) is 2. The molecule has 2 heterocycles. The molecule has 4 fully saturated rings. The van der Waals surface area contributed by atoms with Crippen LogP contribution >= 0.6 is 0 Å². The summed E-state index contributed by atoms with van der Waals surface area (Å²) in [5.74, 6) is 1.02. The number of methoxy groups -OCH3 is 2. The largest absolute Gasteiger partial charge is 0.468 e. The van der Waals surface area contributed by atoms with Gasteiger partial charge in [-0.25, -0.2) is 8.42 Å². The Labute approximate surface area is 199 Å². The van der Waals surface area contributed by atoms with Crippen molar-refractivity contribution in [2.75, 3.05) is 46.8 Å². The van der Waals surface area contributed by atoms with E-state index in [-0.39, 0.29) is 17.3 Å². The first-order valence-electron chi connectivity index (χ1n) is 12.8. The first-order chi connectivity index (χ1) is 15.8. The smallest absolute Gasteiger partial charge is 0.323 e. The second-order valence-corrected chi connectivity index (χ2v) is 13.2. The Morgan fingerprint density at radius 2 is 1.55 bits per heavy atom. The van der Waals surface area contributed by atoms with Gasteiger partial charge in [-0.2, -0.15) is 0 Å². The third-order valence-corrected chi connectivity index (χ3v) is 10.5. The maximum atomic E-state index is 12.7. The van der Waals surface area contributed by atoms with Gasteiger partial charge < -0.3 is 9.47 Å². The molecule has 0 aromatic heterocycles. The van der Waals surface area contributed by atoms with Gasteiger partial charge in [0.2, 0.25) is 0 Å². The van der Waals surface area contributed by atoms with E-state index < -0.39 is 9.84 Å². The molecule has 0 radical (unpaired) electrons. The van der Waals surface area contributed by atoms with Gasteiger partial charge in [-0.05, 0) is 69.6 Å². The zero-order valence-corrected chi connectivity index (χ0v) is 21.4. The molecule has 2 saturated carbocycles. The van der Waals surface area contributed by atoms with E-state index in [1.807, 2.05) is 7.11 Å². The molecule has 2 aliphatic heterocycles. The summed E-state index contributed by atoms with van der Waals surface area (Å²) in [6.45, 7) is 3.73. The fraction of sp³-hybridized carbons (Fsp3) is 0.958. The van der Waals surface area contributed by atoms with E-state index in [0.717, 1.165) is 77.2 Å². The average Bonchev–Trinajstić information content (AvgIpc) is 3.19. The minimum absolute atomic E-state index is 0.142. The van der Waals surface area contributed by atoms with Gasteiger partial charge in [0.15, 0.2) is 0 Å². The number of rotatable bonds is 7. The third-order valence-electron chi connectivity index (χ3n) is 8.81. The minimum Gasteiger partial charge on any atom is -0.468 e. The molecule has 4 aliphatic rings. The lowest BCUT2D eigenvalue weighted by molar-refractivity contribution is -0.149. The van der Waals surface area contributed by atoms with Crippen molar-refractivity contribution in [1.82, 2.24) is 15.1 Å². The van der Waals surface area contributed by atoms with Crippen LogP contribution in [0, 0.1) is 11.8 Å². The van der Waals surface area contributed by atoms with Crippen LogP contribution in [0.25, 0.3) is 0 Å². The monoisotopic (exact) mass is 485 g/mol. The number of esters is 1. The quantitative estimate of drug-likeness (QED) is 0.545. The number of ether oxygens (including phenoxy) is 2. The highest BCUT2D eigenvalue weighted by molar-refractivity contribution is 7.91. The molecular weight excluding hydrogens is 442 g/mol. The molecule has 1 N–H and O–H groups in total. The Kier molecular flexibility index (Phi) is 8.37. The van der Waals surface area contributed by atoms with Crippen molar-refractivity contribution in [2.45, 2.75) is 87.3 Å². The van der Waals surface area contributed by atoms with Crippen LogP contribution in [0.15, 0.2) is 0 Å². The van der Waals surface area contributed by atoms with Crippen LogP contribution in [0.3, 0.4) is 0 Å². The first kappa shape index (κ1) is 25.4. The lowest BCUT2D eigenvalue weighted by Crippen LogP contribution is -2.59. The summed E-state index contributed by atoms with van der Waals surface area (Å²) >= 11 is 0. The predicted molar refractivity (Wildman–Crippen MR) is 128 cm³/mol. The fourth-order valence-corrected chi connectivity index (χ4v) is 7.85. The Bertz CT molecular complexity index is 762. The normalized spacial score (nSPS) is 38.7. The van der Waals surface area contributed by atoms with Crippen molar-refractivity contribution < 1.29 is 22.7 Å². The van der Waals surface area contributed by atoms with Gasteiger partial charge in [0.1, 0.15) is 15.9 Å². The van der Waals surface area contributed by atoms with Crippen molar-refractivity contribution in [2.24, 2.45) is 11.8 Å². The van der Waals surface area contributed by atoms with Crippen molar-refractivity contribution in [3.05, 3.63) is 0 Å². The van der Waals surface area contributed by atoms with Crippen LogP contribution in [-0.2, 0) is 24.1 Å². The third kappa shape index (κ3) is 6.10. The molecule has 3 atom stereocenters. The fourth-order valence-electron chi connectivity index (χ4n) is 6.72. The van der Waals surface area contributed by atoms with E-state index in [1.165, 1.54) is 26.2 Å². The highest BCUT2D eigenvalue weighted by Crippen LogP contribution is 2.34. The van der Waals surface area contributed by atoms with E-state index in [4.69, 9.17) is 9.47 Å². The molecule has 9 heteroatoms. The van der Waals surface area contributed by atoms with Gasteiger partial charge in [-0.3, -0.25) is 19.9 Å². The molecule has 2 unspecified atom stereocenters. The number of nitrogens with one attached hydrogen (secondary N) is 1. The van der Waals surface area contributed by atoms with Gasteiger partial charge in [0.05, 0.1) is 18.5 Å². The molecule has 2 saturated heterocycles. The summed E-state index contributed by atoms with van der Waals surface area (Å²) in [6, 6.07) is 0.522. The Balaban J connectivity index is 1.37. The first-order valence-corrected chi connectivity index (χ1v) is 14.7. The van der Waals surface area contributed by atoms with Crippen LogP contribution < -0.4 is 5.32 Å². The number of sulfone groups is 1. The van der Waals surface area contributed by atoms with Gasteiger partial charge >= 0.3 is 5.97 Å². The van der Waals surface area contributed by atoms with Gasteiger partial charge in [-0.1, -0.05) is 0 Å². The molecule has 0 bridgehead atoms. The van der Waals surface area contributed by atoms with Crippen LogP contribution in [0.2, 0.25) is 0 Å². The molecular formula is C24H43N3O5S. The van der Waals surface area contributed by atoms with Crippen LogP contribution in [-0.4, -0.2) is 100 Å². The summed E-state index contributed by atoms with van der Waals surface area (Å²) in [7, 11) is 0.343. The number of fused-ring (bicyclic) bond motifs is 1. The van der Waals surface area contributed by atoms with Crippen LogP contribution in [0.5, 0.6) is 0 Å². The molecule has 33 heavy (non-hydrogen) atoms. The molecule has 4 rings (SSSR count). The zero-order chi connectivity index (χ0) is 23.6. The number of carbonyl (C=O) groups is 1. The number of hydrogen-bond acceptors (Lipinski definition) is 8. The number of carbonyl (C=O) groups excluding carboxylic acids is 1. The maximum absolute atomic E-state index is 12.7. The standard InChI is InChI=1S/C24H43N3O5S/c1-31-19-8-4-17(5-9-19)14-27-16-25-21-12-22(24(28)32-2)26(15-23(21)27)13-18-6-10-20(11-7-18)33(3,29)30/h17-23,25H,4-16H2,1-3H3/t17?,18?,19?,20?,21?,22-,23?/m0/s1. The summed E-state index contributed by atoms with van der Waals surface area (Å²) in [5.41, 5.74) is 0. The predicted octanol–water partition coefficient (Wildman–Crippen LogP) is 1.64. The average molecular weight is 486 g/mol. The molecule has 8 nitrogen and oxygen atoms in total. The molecule has 0 spiro atoms. The maximum Gasteiger partial charge on any atom is 0.323 e. The van der Waals surface area contributed by atoms with Crippen molar-refractivity contribution >= 4 is 15.8 Å². The number of hydrogen-bond donors (Lipinski definition) is 1. The van der Waals surface area contributed by atoms with E-state index in [1.54, 1.807) is 0 Å². The summed E-state index contributed by atoms with van der Waals surface area (Å²) in [6.07, 6.45) is 10.6. The highest BCUT2D eigenvalue weighted by Gasteiger charge is 2.46. The Hall–Kier alpha value is -0.740. The van der Waals surface area contributed by atoms with Crippen LogP contribution in [0.1, 0.15) is 57.8 Å². The summed E-state index contributed by atoms with van der Waals surface area (Å²) in [5, 5.41) is 3.48. The zero-order valence-electron chi connectivity index (χ0n) is 20.6. The topological polar surface area (TPSA) is 88.2 Å². The molecule has 190 valence electrons. The van der Waals surface area contributed by atoms with Crippen molar-refractivity contribution in [3.63, 3.8) is 0 Å². The van der Waals surface area contributed by atoms with E-state index in [0.29, 0.717) is 24.1 Å². The second-order valence-electron chi connectivity index (χ2n) is 10.9. The summed E-state index contributed by atoms with van der Waals surface area (Å²) in [4.78, 5) is 17.6. The molecule has 0 amide bonds. The molecule has 0 aromatic rings. The Morgan fingerprint density at radius 3 is 2.12 bits per heavy atom.